The number of halogens is 3. The lowest BCUT2D eigenvalue weighted by Gasteiger charge is -2.09. The van der Waals surface area contributed by atoms with E-state index in [2.05, 4.69) is 10.6 Å². The Labute approximate surface area is 139 Å². The van der Waals surface area contributed by atoms with Crippen molar-refractivity contribution >= 4 is 34.0 Å². The zero-order valence-corrected chi connectivity index (χ0v) is 13.1. The zero-order valence-electron chi connectivity index (χ0n) is 12.3. The Bertz CT molecular complexity index is 685. The third-order valence-electron chi connectivity index (χ3n) is 2.82. The van der Waals surface area contributed by atoms with Gasteiger partial charge in [0.05, 0.1) is 11.4 Å². The van der Waals surface area contributed by atoms with Crippen molar-refractivity contribution in [1.29, 1.82) is 0 Å². The van der Waals surface area contributed by atoms with Gasteiger partial charge >= 0.3 is 12.2 Å². The highest BCUT2D eigenvalue weighted by atomic mass is 32.1. The molecule has 0 aliphatic carbocycles. The Hall–Kier alpha value is -2.55. The normalized spacial score (nSPS) is 11.0. The molecule has 0 unspecified atom stereocenters. The van der Waals surface area contributed by atoms with Crippen molar-refractivity contribution in [3.63, 3.8) is 0 Å². The molecule has 0 saturated carbocycles. The van der Waals surface area contributed by atoms with Crippen LogP contribution in [0.25, 0.3) is 0 Å². The molecule has 5 nitrogen and oxygen atoms in total. The summed E-state index contributed by atoms with van der Waals surface area (Å²) in [5.41, 5.74) is 1.04. The van der Waals surface area contributed by atoms with Crippen LogP contribution in [0.15, 0.2) is 41.8 Å². The van der Waals surface area contributed by atoms with Crippen LogP contribution < -0.4 is 16.0 Å². The number of anilines is 2. The van der Waals surface area contributed by atoms with Gasteiger partial charge in [0, 0.05) is 5.69 Å². The molecule has 0 spiro atoms. The number of carbonyl (C=O) groups excluding carboxylic acids is 2. The smallest absolute Gasteiger partial charge is 0.347 e. The first-order valence-electron chi connectivity index (χ1n) is 6.86. The topological polar surface area (TPSA) is 70.2 Å². The number of rotatable bonds is 5. The van der Waals surface area contributed by atoms with Gasteiger partial charge in [-0.25, -0.2) is 4.79 Å². The van der Waals surface area contributed by atoms with Crippen LogP contribution in [0.5, 0.6) is 0 Å². The molecule has 2 aromatic rings. The molecule has 3 amide bonds. The van der Waals surface area contributed by atoms with Gasteiger partial charge in [-0.15, -0.1) is 11.3 Å². The van der Waals surface area contributed by atoms with Crippen molar-refractivity contribution in [2.45, 2.75) is 12.6 Å². The van der Waals surface area contributed by atoms with Gasteiger partial charge in [-0.1, -0.05) is 12.1 Å². The van der Waals surface area contributed by atoms with Crippen LogP contribution in [-0.4, -0.2) is 24.7 Å². The number of alkyl halides is 3. The summed E-state index contributed by atoms with van der Waals surface area (Å²) in [6.07, 6.45) is -4.60. The first-order chi connectivity index (χ1) is 11.3. The second-order valence-corrected chi connectivity index (χ2v) is 5.77. The van der Waals surface area contributed by atoms with Crippen LogP contribution in [0.4, 0.5) is 28.7 Å². The number of nitrogens with one attached hydrogen (secondary N) is 3. The van der Waals surface area contributed by atoms with E-state index in [1.807, 2.05) is 5.38 Å². The van der Waals surface area contributed by atoms with Crippen molar-refractivity contribution in [2.24, 2.45) is 0 Å². The monoisotopic (exact) mass is 357 g/mol. The summed E-state index contributed by atoms with van der Waals surface area (Å²) in [7, 11) is 0. The summed E-state index contributed by atoms with van der Waals surface area (Å²) in [6, 6.07) is 9.42. The van der Waals surface area contributed by atoms with E-state index < -0.39 is 24.7 Å². The summed E-state index contributed by atoms with van der Waals surface area (Å²) >= 11 is 1.38. The van der Waals surface area contributed by atoms with E-state index in [1.165, 1.54) is 11.3 Å². The lowest BCUT2D eigenvalue weighted by molar-refractivity contribution is -0.138. The van der Waals surface area contributed by atoms with Gasteiger partial charge in [0.25, 0.3) is 0 Å². The highest BCUT2D eigenvalue weighted by Gasteiger charge is 2.27. The summed E-state index contributed by atoms with van der Waals surface area (Å²) in [5, 5.41) is 9.59. The highest BCUT2D eigenvalue weighted by molar-refractivity contribution is 7.14. The Morgan fingerprint density at radius 3 is 2.33 bits per heavy atom. The van der Waals surface area contributed by atoms with Crippen molar-refractivity contribution in [1.82, 2.24) is 5.32 Å². The van der Waals surface area contributed by atoms with Crippen LogP contribution in [0.2, 0.25) is 0 Å². The molecule has 0 fully saturated rings. The largest absolute Gasteiger partial charge is 0.405 e. The summed E-state index contributed by atoms with van der Waals surface area (Å²) in [4.78, 5) is 23.1. The van der Waals surface area contributed by atoms with Gasteiger partial charge in [0.2, 0.25) is 5.91 Å². The number of amides is 3. The molecule has 24 heavy (non-hydrogen) atoms. The second-order valence-electron chi connectivity index (χ2n) is 4.82. The third kappa shape index (κ3) is 6.29. The minimum atomic E-state index is -4.43. The fourth-order valence-electron chi connectivity index (χ4n) is 1.78. The SMILES string of the molecule is O=C(Cc1ccc(NC(=O)Nc2cccs2)cc1)NCC(F)(F)F. The fourth-order valence-corrected chi connectivity index (χ4v) is 2.39. The van der Waals surface area contributed by atoms with Crippen molar-refractivity contribution in [3.8, 4) is 0 Å². The molecule has 0 saturated heterocycles. The van der Waals surface area contributed by atoms with E-state index in [0.717, 1.165) is 0 Å². The maximum Gasteiger partial charge on any atom is 0.405 e. The molecule has 128 valence electrons. The summed E-state index contributed by atoms with van der Waals surface area (Å²) < 4.78 is 36.0. The molecular weight excluding hydrogens is 343 g/mol. The van der Waals surface area contributed by atoms with Gasteiger partial charge in [0.15, 0.2) is 0 Å². The highest BCUT2D eigenvalue weighted by Crippen LogP contribution is 2.16. The number of hydrogen-bond acceptors (Lipinski definition) is 3. The quantitative estimate of drug-likeness (QED) is 0.765. The standard InChI is InChI=1S/C15H14F3N3O2S/c16-15(17,18)9-19-12(22)8-10-3-5-11(6-4-10)20-14(23)21-13-2-1-7-24-13/h1-7H,8-9H2,(H,19,22)(H2,20,21,23). The molecule has 1 heterocycles. The van der Waals surface area contributed by atoms with Crippen LogP contribution in [-0.2, 0) is 11.2 Å². The molecule has 0 aliphatic rings. The van der Waals surface area contributed by atoms with E-state index in [9.17, 15) is 22.8 Å². The molecule has 1 aromatic heterocycles. The van der Waals surface area contributed by atoms with Crippen LogP contribution in [0, 0.1) is 0 Å². The van der Waals surface area contributed by atoms with E-state index in [1.54, 1.807) is 41.7 Å². The van der Waals surface area contributed by atoms with E-state index >= 15 is 0 Å². The second kappa shape index (κ2) is 7.82. The Balaban J connectivity index is 1.82. The van der Waals surface area contributed by atoms with Gasteiger partial charge in [-0.3, -0.25) is 10.1 Å². The van der Waals surface area contributed by atoms with Gasteiger partial charge in [0.1, 0.15) is 6.54 Å². The average molecular weight is 357 g/mol. The molecular formula is C15H14F3N3O2S. The molecule has 1 aromatic carbocycles. The number of benzene rings is 1. The maximum atomic E-state index is 12.0. The Morgan fingerprint density at radius 1 is 1.04 bits per heavy atom. The first kappa shape index (κ1) is 17.8. The van der Waals surface area contributed by atoms with Crippen LogP contribution >= 0.6 is 11.3 Å². The van der Waals surface area contributed by atoms with Crippen LogP contribution in [0.3, 0.4) is 0 Å². The number of thiophene rings is 1. The maximum absolute atomic E-state index is 12.0. The lowest BCUT2D eigenvalue weighted by atomic mass is 10.1. The summed E-state index contributed by atoms with van der Waals surface area (Å²) in [5.74, 6) is -0.719. The summed E-state index contributed by atoms with van der Waals surface area (Å²) in [6.45, 7) is -1.35. The lowest BCUT2D eigenvalue weighted by Crippen LogP contribution is -2.34. The van der Waals surface area contributed by atoms with E-state index in [0.29, 0.717) is 16.3 Å². The van der Waals surface area contributed by atoms with Crippen molar-refractivity contribution in [3.05, 3.63) is 47.3 Å². The van der Waals surface area contributed by atoms with E-state index in [4.69, 9.17) is 0 Å². The minimum Gasteiger partial charge on any atom is -0.347 e. The predicted molar refractivity (Wildman–Crippen MR) is 86.2 cm³/mol. The Kier molecular flexibility index (Phi) is 5.80. The van der Waals surface area contributed by atoms with Crippen molar-refractivity contribution in [2.75, 3.05) is 17.2 Å². The average Bonchev–Trinajstić information content (AvgIpc) is 2.99. The van der Waals surface area contributed by atoms with Gasteiger partial charge in [-0.2, -0.15) is 13.2 Å². The van der Waals surface area contributed by atoms with Gasteiger partial charge in [-0.05, 0) is 35.2 Å². The molecule has 9 heteroatoms. The zero-order chi connectivity index (χ0) is 17.6. The molecule has 0 bridgehead atoms. The van der Waals surface area contributed by atoms with Crippen LogP contribution in [0.1, 0.15) is 5.56 Å². The fraction of sp³-hybridized carbons (Fsp3) is 0.200. The van der Waals surface area contributed by atoms with E-state index in [-0.39, 0.29) is 6.42 Å². The third-order valence-corrected chi connectivity index (χ3v) is 3.61. The Morgan fingerprint density at radius 2 is 1.75 bits per heavy atom. The molecule has 3 N–H and O–H groups in total. The first-order valence-corrected chi connectivity index (χ1v) is 7.74. The predicted octanol–water partition coefficient (Wildman–Crippen LogP) is 3.61. The number of hydrogen-bond donors (Lipinski definition) is 3. The molecule has 0 aliphatic heterocycles. The minimum absolute atomic E-state index is 0.169. The molecule has 2 rings (SSSR count). The molecule has 0 radical (unpaired) electrons. The number of urea groups is 1. The molecule has 0 atom stereocenters. The van der Waals surface area contributed by atoms with Gasteiger partial charge < -0.3 is 10.6 Å². The van der Waals surface area contributed by atoms with Crippen molar-refractivity contribution < 1.29 is 22.8 Å². The number of carbonyl (C=O) groups is 2.